The highest BCUT2D eigenvalue weighted by Crippen LogP contribution is 2.20. The molecule has 3 rings (SSSR count). The molecule has 30 heavy (non-hydrogen) atoms. The molecule has 8 nitrogen and oxygen atoms in total. The number of nitrogens with zero attached hydrogens (tertiary/aromatic N) is 4. The van der Waals surface area contributed by atoms with Crippen LogP contribution < -0.4 is 10.1 Å². The molecule has 1 aliphatic heterocycles. The van der Waals surface area contributed by atoms with Gasteiger partial charge in [-0.2, -0.15) is 18.2 Å². The topological polar surface area (TPSA) is 83.7 Å². The van der Waals surface area contributed by atoms with Crippen molar-refractivity contribution in [3.8, 4) is 17.1 Å². The SMILES string of the molecule is COc1ccc(-c2noc(CN3CCN(C(C)C(=O)NCC(F)(F)F)CC3)n2)cc1. The molecule has 1 aromatic heterocycles. The van der Waals surface area contributed by atoms with Crippen molar-refractivity contribution < 1.29 is 27.2 Å². The van der Waals surface area contributed by atoms with E-state index < -0.39 is 24.7 Å². The number of amides is 1. The number of piperazine rings is 1. The quantitative estimate of drug-likeness (QED) is 0.723. The maximum atomic E-state index is 12.3. The number of alkyl halides is 3. The molecule has 11 heteroatoms. The number of benzene rings is 1. The Labute approximate surface area is 172 Å². The minimum absolute atomic E-state index is 0.464. The first-order valence-electron chi connectivity index (χ1n) is 9.53. The highest BCUT2D eigenvalue weighted by molar-refractivity contribution is 5.81. The van der Waals surface area contributed by atoms with Gasteiger partial charge in [0.2, 0.25) is 17.6 Å². The maximum absolute atomic E-state index is 12.3. The molecule has 0 spiro atoms. The fourth-order valence-corrected chi connectivity index (χ4v) is 3.18. The van der Waals surface area contributed by atoms with E-state index in [-0.39, 0.29) is 0 Å². The van der Waals surface area contributed by atoms with Crippen LogP contribution in [-0.4, -0.2) is 77.9 Å². The van der Waals surface area contributed by atoms with Crippen molar-refractivity contribution in [3.63, 3.8) is 0 Å². The van der Waals surface area contributed by atoms with Gasteiger partial charge >= 0.3 is 6.18 Å². The number of aromatic nitrogens is 2. The summed E-state index contributed by atoms with van der Waals surface area (Å²) in [7, 11) is 1.59. The molecule has 0 bridgehead atoms. The minimum atomic E-state index is -4.41. The lowest BCUT2D eigenvalue weighted by Gasteiger charge is -2.36. The second-order valence-electron chi connectivity index (χ2n) is 7.06. The zero-order valence-electron chi connectivity index (χ0n) is 16.8. The van der Waals surface area contributed by atoms with Crippen molar-refractivity contribution in [2.75, 3.05) is 39.8 Å². The van der Waals surface area contributed by atoms with E-state index >= 15 is 0 Å². The van der Waals surface area contributed by atoms with Crippen molar-refractivity contribution >= 4 is 5.91 Å². The van der Waals surface area contributed by atoms with Gasteiger partial charge in [0.05, 0.1) is 19.7 Å². The molecule has 2 aromatic rings. The monoisotopic (exact) mass is 427 g/mol. The van der Waals surface area contributed by atoms with Crippen LogP contribution in [0.2, 0.25) is 0 Å². The van der Waals surface area contributed by atoms with Gasteiger partial charge in [0, 0.05) is 31.7 Å². The van der Waals surface area contributed by atoms with E-state index in [0.29, 0.717) is 44.4 Å². The van der Waals surface area contributed by atoms with Crippen LogP contribution in [0, 0.1) is 0 Å². The second-order valence-corrected chi connectivity index (χ2v) is 7.06. The van der Waals surface area contributed by atoms with Gasteiger partial charge < -0.3 is 14.6 Å². The molecule has 2 heterocycles. The van der Waals surface area contributed by atoms with Crippen LogP contribution in [0.25, 0.3) is 11.4 Å². The molecule has 1 unspecified atom stereocenters. The lowest BCUT2D eigenvalue weighted by atomic mass is 10.2. The Bertz CT molecular complexity index is 833. The standard InChI is InChI=1S/C19H24F3N5O3/c1-13(18(28)23-12-19(20,21)22)27-9-7-26(8-10-27)11-16-24-17(25-30-16)14-3-5-15(29-2)6-4-14/h3-6,13H,7-12H2,1-2H3,(H,23,28). The minimum Gasteiger partial charge on any atom is -0.497 e. The van der Waals surface area contributed by atoms with Gasteiger partial charge in [-0.05, 0) is 31.2 Å². The first kappa shape index (κ1) is 22.0. The summed E-state index contributed by atoms with van der Waals surface area (Å²) in [6, 6.07) is 6.70. The fourth-order valence-electron chi connectivity index (χ4n) is 3.18. The molecule has 1 fully saturated rings. The molecule has 1 amide bonds. The summed E-state index contributed by atoms with van der Waals surface area (Å²) in [5.41, 5.74) is 0.814. The second kappa shape index (κ2) is 9.43. The average Bonchev–Trinajstić information content (AvgIpc) is 3.20. The van der Waals surface area contributed by atoms with E-state index in [1.165, 1.54) is 0 Å². The van der Waals surface area contributed by atoms with E-state index in [0.717, 1.165) is 11.3 Å². The predicted molar refractivity (Wildman–Crippen MR) is 102 cm³/mol. The summed E-state index contributed by atoms with van der Waals surface area (Å²) in [6.07, 6.45) is -4.41. The summed E-state index contributed by atoms with van der Waals surface area (Å²) in [4.78, 5) is 20.3. The Kier molecular flexibility index (Phi) is 6.93. The van der Waals surface area contributed by atoms with Crippen molar-refractivity contribution in [2.45, 2.75) is 25.7 Å². The van der Waals surface area contributed by atoms with E-state index in [1.54, 1.807) is 14.0 Å². The van der Waals surface area contributed by atoms with Crippen LogP contribution in [0.3, 0.4) is 0 Å². The van der Waals surface area contributed by atoms with E-state index in [9.17, 15) is 18.0 Å². The van der Waals surface area contributed by atoms with Crippen LogP contribution in [0.15, 0.2) is 28.8 Å². The molecule has 164 valence electrons. The highest BCUT2D eigenvalue weighted by Gasteiger charge is 2.31. The van der Waals surface area contributed by atoms with Gasteiger partial charge in [0.1, 0.15) is 12.3 Å². The lowest BCUT2D eigenvalue weighted by molar-refractivity contribution is -0.141. The maximum Gasteiger partial charge on any atom is 0.405 e. The largest absolute Gasteiger partial charge is 0.497 e. The third-order valence-corrected chi connectivity index (χ3v) is 4.97. The summed E-state index contributed by atoms with van der Waals surface area (Å²) >= 11 is 0. The molecule has 1 aliphatic rings. The van der Waals surface area contributed by atoms with Crippen LogP contribution in [0.5, 0.6) is 5.75 Å². The number of rotatable bonds is 7. The molecule has 1 N–H and O–H groups in total. The molecular formula is C19H24F3N5O3. The molecule has 1 saturated heterocycles. The Balaban J connectivity index is 1.48. The van der Waals surface area contributed by atoms with E-state index in [1.807, 2.05) is 34.5 Å². The summed E-state index contributed by atoms with van der Waals surface area (Å²) in [5, 5.41) is 5.94. The third-order valence-electron chi connectivity index (χ3n) is 4.97. The van der Waals surface area contributed by atoms with Gasteiger partial charge in [-0.1, -0.05) is 5.16 Å². The predicted octanol–water partition coefficient (Wildman–Crippen LogP) is 1.93. The van der Waals surface area contributed by atoms with Gasteiger partial charge in [0.25, 0.3) is 0 Å². The van der Waals surface area contributed by atoms with Gasteiger partial charge in [-0.3, -0.25) is 14.6 Å². The Hall–Kier alpha value is -2.66. The highest BCUT2D eigenvalue weighted by atomic mass is 19.4. The molecule has 0 aliphatic carbocycles. The number of hydrogen-bond donors (Lipinski definition) is 1. The van der Waals surface area contributed by atoms with Crippen molar-refractivity contribution in [1.29, 1.82) is 0 Å². The number of carbonyl (C=O) groups is 1. The lowest BCUT2D eigenvalue weighted by Crippen LogP contribution is -2.54. The Morgan fingerprint density at radius 2 is 1.90 bits per heavy atom. The van der Waals surface area contributed by atoms with Gasteiger partial charge in [0.15, 0.2) is 0 Å². The fraction of sp³-hybridized carbons (Fsp3) is 0.526. The normalized spacial score (nSPS) is 17.0. The van der Waals surface area contributed by atoms with E-state index in [2.05, 4.69) is 15.0 Å². The summed E-state index contributed by atoms with van der Waals surface area (Å²) in [5.74, 6) is 1.08. The first-order chi connectivity index (χ1) is 14.2. The number of ether oxygens (including phenoxy) is 1. The number of nitrogens with one attached hydrogen (secondary N) is 1. The zero-order valence-corrected chi connectivity index (χ0v) is 16.8. The number of methoxy groups -OCH3 is 1. The van der Waals surface area contributed by atoms with Crippen molar-refractivity contribution in [3.05, 3.63) is 30.2 Å². The molecular weight excluding hydrogens is 403 g/mol. The molecule has 0 saturated carbocycles. The Morgan fingerprint density at radius 1 is 1.23 bits per heavy atom. The first-order valence-corrected chi connectivity index (χ1v) is 9.53. The summed E-state index contributed by atoms with van der Waals surface area (Å²) in [6.45, 7) is 3.14. The van der Waals surface area contributed by atoms with Crippen LogP contribution in [-0.2, 0) is 11.3 Å². The number of carbonyl (C=O) groups excluding carboxylic acids is 1. The van der Waals surface area contributed by atoms with Crippen molar-refractivity contribution in [2.24, 2.45) is 0 Å². The number of hydrogen-bond acceptors (Lipinski definition) is 7. The van der Waals surface area contributed by atoms with Gasteiger partial charge in [-0.15, -0.1) is 0 Å². The molecule has 1 atom stereocenters. The zero-order chi connectivity index (χ0) is 21.7. The molecule has 1 aromatic carbocycles. The third kappa shape index (κ3) is 5.92. The summed E-state index contributed by atoms with van der Waals surface area (Å²) < 4.78 is 47.3. The van der Waals surface area contributed by atoms with Crippen LogP contribution >= 0.6 is 0 Å². The van der Waals surface area contributed by atoms with Crippen LogP contribution in [0.4, 0.5) is 13.2 Å². The van der Waals surface area contributed by atoms with E-state index in [4.69, 9.17) is 9.26 Å². The van der Waals surface area contributed by atoms with Gasteiger partial charge in [-0.25, -0.2) is 0 Å². The van der Waals surface area contributed by atoms with Crippen LogP contribution in [0.1, 0.15) is 12.8 Å². The number of halogens is 3. The average molecular weight is 427 g/mol. The molecule has 0 radical (unpaired) electrons. The Morgan fingerprint density at radius 3 is 2.50 bits per heavy atom. The smallest absolute Gasteiger partial charge is 0.405 e. The van der Waals surface area contributed by atoms with Crippen molar-refractivity contribution in [1.82, 2.24) is 25.3 Å².